The minimum absolute atomic E-state index is 0.397. The molecule has 1 aliphatic carbocycles. The summed E-state index contributed by atoms with van der Waals surface area (Å²) >= 11 is 2.29. The Kier molecular flexibility index (Phi) is 3.33. The van der Waals surface area contributed by atoms with E-state index in [1.54, 1.807) is 0 Å². The molecule has 2 aromatic rings. The number of anilines is 1. The van der Waals surface area contributed by atoms with Crippen molar-refractivity contribution in [2.24, 2.45) is 11.1 Å². The Bertz CT molecular complexity index is 659. The zero-order valence-corrected chi connectivity index (χ0v) is 14.2. The van der Waals surface area contributed by atoms with Crippen LogP contribution in [0.15, 0.2) is 18.6 Å². The van der Waals surface area contributed by atoms with Gasteiger partial charge in [0.15, 0.2) is 5.65 Å². The van der Waals surface area contributed by atoms with Crippen LogP contribution >= 0.6 is 22.6 Å². The van der Waals surface area contributed by atoms with Gasteiger partial charge in [0, 0.05) is 37.7 Å². The predicted octanol–water partition coefficient (Wildman–Crippen LogP) is 2.43. The molecular weight excluding hydrogens is 377 g/mol. The monoisotopic (exact) mass is 397 g/mol. The molecule has 5 nitrogen and oxygen atoms in total. The smallest absolute Gasteiger partial charge is 0.211 e. The summed E-state index contributed by atoms with van der Waals surface area (Å²) in [5.41, 5.74) is 7.77. The Morgan fingerprint density at radius 3 is 2.76 bits per heavy atom. The Morgan fingerprint density at radius 2 is 2.05 bits per heavy atom. The Morgan fingerprint density at radius 1 is 1.24 bits per heavy atom. The van der Waals surface area contributed by atoms with E-state index in [1.807, 2.05) is 18.6 Å². The first-order valence-electron chi connectivity index (χ1n) is 7.68. The molecule has 1 saturated carbocycles. The van der Waals surface area contributed by atoms with Crippen LogP contribution in [-0.2, 0) is 0 Å². The fourth-order valence-electron chi connectivity index (χ4n) is 4.05. The molecule has 0 amide bonds. The van der Waals surface area contributed by atoms with E-state index >= 15 is 0 Å². The number of halogens is 1. The van der Waals surface area contributed by atoms with Crippen LogP contribution in [0.2, 0.25) is 0 Å². The quantitative estimate of drug-likeness (QED) is 0.752. The van der Waals surface area contributed by atoms with Crippen molar-refractivity contribution >= 4 is 34.2 Å². The van der Waals surface area contributed by atoms with Crippen molar-refractivity contribution in [2.45, 2.75) is 38.1 Å². The van der Waals surface area contributed by atoms with Crippen molar-refractivity contribution in [2.75, 3.05) is 18.0 Å². The molecule has 6 heteroatoms. The molecule has 0 radical (unpaired) electrons. The zero-order chi connectivity index (χ0) is 14.4. The van der Waals surface area contributed by atoms with Crippen molar-refractivity contribution in [3.8, 4) is 0 Å². The van der Waals surface area contributed by atoms with Gasteiger partial charge in [-0.2, -0.15) is 0 Å². The summed E-state index contributed by atoms with van der Waals surface area (Å²) in [5, 5.41) is 0. The summed E-state index contributed by atoms with van der Waals surface area (Å²) in [7, 11) is 0. The van der Waals surface area contributed by atoms with E-state index in [2.05, 4.69) is 41.9 Å². The first-order valence-corrected chi connectivity index (χ1v) is 8.76. The summed E-state index contributed by atoms with van der Waals surface area (Å²) in [5.74, 6) is 1.02. The first-order chi connectivity index (χ1) is 10.2. The number of imidazole rings is 1. The second kappa shape index (κ2) is 5.08. The van der Waals surface area contributed by atoms with Gasteiger partial charge in [0.1, 0.15) is 0 Å². The summed E-state index contributed by atoms with van der Waals surface area (Å²) in [6.07, 6.45) is 12.0. The van der Waals surface area contributed by atoms with Crippen LogP contribution < -0.4 is 10.6 Å². The van der Waals surface area contributed by atoms with Crippen LogP contribution in [0.5, 0.6) is 0 Å². The third-order valence-corrected chi connectivity index (χ3v) is 6.14. The van der Waals surface area contributed by atoms with Crippen molar-refractivity contribution in [3.05, 3.63) is 22.2 Å². The molecule has 1 saturated heterocycles. The van der Waals surface area contributed by atoms with Gasteiger partial charge in [-0.25, -0.2) is 9.97 Å². The molecule has 1 atom stereocenters. The lowest BCUT2D eigenvalue weighted by atomic mass is 9.74. The van der Waals surface area contributed by atoms with Crippen LogP contribution in [0.1, 0.15) is 32.1 Å². The standard InChI is InChI=1S/C15H20IN5/c16-11-10-19-14(21-9-6-18-13(11)21)20-7-4-15(5-8-20)3-1-2-12(15)17/h6,9-10,12H,1-5,7-8,17H2/t12-/m0/s1. The Balaban J connectivity index is 1.61. The predicted molar refractivity (Wildman–Crippen MR) is 91.4 cm³/mol. The lowest BCUT2D eigenvalue weighted by Crippen LogP contribution is -2.47. The van der Waals surface area contributed by atoms with Gasteiger partial charge in [0.25, 0.3) is 0 Å². The van der Waals surface area contributed by atoms with Crippen LogP contribution in [0.25, 0.3) is 5.65 Å². The van der Waals surface area contributed by atoms with Crippen LogP contribution in [0.4, 0.5) is 5.95 Å². The molecule has 2 N–H and O–H groups in total. The molecule has 1 spiro atoms. The highest BCUT2D eigenvalue weighted by Crippen LogP contribution is 2.45. The van der Waals surface area contributed by atoms with E-state index in [1.165, 1.54) is 32.1 Å². The average Bonchev–Trinajstić information content (AvgIpc) is 3.10. The maximum Gasteiger partial charge on any atom is 0.211 e. The van der Waals surface area contributed by atoms with Gasteiger partial charge in [-0.1, -0.05) is 6.42 Å². The number of nitrogens with zero attached hydrogens (tertiary/aromatic N) is 4. The summed E-state index contributed by atoms with van der Waals surface area (Å²) in [4.78, 5) is 11.5. The lowest BCUT2D eigenvalue weighted by Gasteiger charge is -2.42. The third kappa shape index (κ3) is 2.14. The van der Waals surface area contributed by atoms with Gasteiger partial charge in [0.05, 0.1) is 3.57 Å². The fourth-order valence-corrected chi connectivity index (χ4v) is 4.59. The van der Waals surface area contributed by atoms with Crippen molar-refractivity contribution in [1.82, 2.24) is 14.4 Å². The molecule has 2 fully saturated rings. The Labute approximate surface area is 138 Å². The van der Waals surface area contributed by atoms with Gasteiger partial charge in [-0.05, 0) is 53.7 Å². The van der Waals surface area contributed by atoms with Gasteiger partial charge < -0.3 is 10.6 Å². The largest absolute Gasteiger partial charge is 0.342 e. The number of hydrogen-bond acceptors (Lipinski definition) is 4. The number of piperidine rings is 1. The average molecular weight is 397 g/mol. The zero-order valence-electron chi connectivity index (χ0n) is 12.0. The number of hydrogen-bond donors (Lipinski definition) is 1. The topological polar surface area (TPSA) is 59.5 Å². The first kappa shape index (κ1) is 13.8. The fraction of sp³-hybridized carbons (Fsp3) is 0.600. The molecular formula is C15H20IN5. The second-order valence-corrected chi connectivity index (χ2v) is 7.54. The number of aromatic nitrogens is 3. The minimum Gasteiger partial charge on any atom is -0.342 e. The minimum atomic E-state index is 0.397. The second-order valence-electron chi connectivity index (χ2n) is 6.38. The SMILES string of the molecule is N[C@H]1CCCC12CCN(c1ncc(I)c3nccn13)CC2. The molecule has 1 aliphatic heterocycles. The molecule has 21 heavy (non-hydrogen) atoms. The van der Waals surface area contributed by atoms with Gasteiger partial charge in [0.2, 0.25) is 5.95 Å². The molecule has 2 aromatic heterocycles. The van der Waals surface area contributed by atoms with E-state index in [0.29, 0.717) is 11.5 Å². The number of rotatable bonds is 1. The van der Waals surface area contributed by atoms with Gasteiger partial charge >= 0.3 is 0 Å². The molecule has 112 valence electrons. The highest BCUT2D eigenvalue weighted by atomic mass is 127. The summed E-state index contributed by atoms with van der Waals surface area (Å²) in [6, 6.07) is 0.401. The van der Waals surface area contributed by atoms with E-state index in [4.69, 9.17) is 5.73 Å². The third-order valence-electron chi connectivity index (χ3n) is 5.38. The summed E-state index contributed by atoms with van der Waals surface area (Å²) < 4.78 is 3.20. The van der Waals surface area contributed by atoms with E-state index in [-0.39, 0.29) is 0 Å². The van der Waals surface area contributed by atoms with Crippen molar-refractivity contribution < 1.29 is 0 Å². The van der Waals surface area contributed by atoms with E-state index < -0.39 is 0 Å². The molecule has 0 bridgehead atoms. The van der Waals surface area contributed by atoms with Gasteiger partial charge in [-0.15, -0.1) is 0 Å². The lowest BCUT2D eigenvalue weighted by molar-refractivity contribution is 0.197. The van der Waals surface area contributed by atoms with Crippen molar-refractivity contribution in [1.29, 1.82) is 0 Å². The van der Waals surface area contributed by atoms with Crippen LogP contribution in [0, 0.1) is 8.99 Å². The molecule has 4 rings (SSSR count). The maximum absolute atomic E-state index is 6.37. The van der Waals surface area contributed by atoms with E-state index in [9.17, 15) is 0 Å². The highest BCUT2D eigenvalue weighted by molar-refractivity contribution is 14.1. The van der Waals surface area contributed by atoms with Gasteiger partial charge in [-0.3, -0.25) is 4.40 Å². The molecule has 3 heterocycles. The van der Waals surface area contributed by atoms with Crippen LogP contribution in [-0.4, -0.2) is 33.5 Å². The van der Waals surface area contributed by atoms with Crippen molar-refractivity contribution in [3.63, 3.8) is 0 Å². The normalized spacial score (nSPS) is 25.0. The summed E-state index contributed by atoms with van der Waals surface area (Å²) in [6.45, 7) is 2.10. The van der Waals surface area contributed by atoms with Crippen LogP contribution in [0.3, 0.4) is 0 Å². The molecule has 2 aliphatic rings. The van der Waals surface area contributed by atoms with E-state index in [0.717, 1.165) is 28.3 Å². The number of fused-ring (bicyclic) bond motifs is 1. The maximum atomic E-state index is 6.37. The molecule has 0 aromatic carbocycles. The Hall–Kier alpha value is -0.890. The molecule has 0 unspecified atom stereocenters. The highest BCUT2D eigenvalue weighted by Gasteiger charge is 2.43. The number of nitrogens with two attached hydrogens (primary N) is 1.